The zero-order chi connectivity index (χ0) is 15.3. The number of carbonyl (C=O) groups excluding carboxylic acids is 1. The number of carbonyl (C=O) groups is 1. The van der Waals surface area contributed by atoms with Crippen molar-refractivity contribution in [3.8, 4) is 0 Å². The molecule has 1 unspecified atom stereocenters. The molecule has 0 bridgehead atoms. The summed E-state index contributed by atoms with van der Waals surface area (Å²) in [4.78, 5) is 11.8. The van der Waals surface area contributed by atoms with E-state index in [1.165, 1.54) is 38.4 Å². The van der Waals surface area contributed by atoms with Crippen molar-refractivity contribution in [3.05, 3.63) is 36.9 Å². The van der Waals surface area contributed by atoms with Crippen LogP contribution in [-0.2, 0) is 14.8 Å². The molecule has 0 heterocycles. The molecule has 0 fully saturated rings. The quantitative estimate of drug-likeness (QED) is 0.759. The summed E-state index contributed by atoms with van der Waals surface area (Å²) in [5, 5.41) is 2.61. The number of benzene rings is 1. The Hall–Kier alpha value is -1.70. The minimum absolute atomic E-state index is 0.163. The van der Waals surface area contributed by atoms with E-state index in [9.17, 15) is 13.2 Å². The average Bonchev–Trinajstić information content (AvgIpc) is 2.39. The number of rotatable bonds is 6. The summed E-state index contributed by atoms with van der Waals surface area (Å²) >= 11 is 0. The zero-order valence-electron chi connectivity index (χ0n) is 11.5. The van der Waals surface area contributed by atoms with Crippen molar-refractivity contribution in [3.63, 3.8) is 0 Å². The Morgan fingerprint density at radius 1 is 1.40 bits per heavy atom. The van der Waals surface area contributed by atoms with Crippen LogP contribution >= 0.6 is 0 Å². The Balaban J connectivity index is 2.83. The first-order valence-corrected chi connectivity index (χ1v) is 7.43. The molecular formula is C13H19N3O3S. The van der Waals surface area contributed by atoms with Crippen LogP contribution in [0.25, 0.3) is 0 Å². The van der Waals surface area contributed by atoms with E-state index in [2.05, 4.69) is 11.9 Å². The van der Waals surface area contributed by atoms with Crippen molar-refractivity contribution in [2.24, 2.45) is 5.73 Å². The van der Waals surface area contributed by atoms with Gasteiger partial charge in [-0.3, -0.25) is 4.79 Å². The largest absolute Gasteiger partial charge is 0.325 e. The fourth-order valence-corrected chi connectivity index (χ4v) is 2.34. The van der Waals surface area contributed by atoms with Gasteiger partial charge in [-0.15, -0.1) is 6.58 Å². The molecular weight excluding hydrogens is 278 g/mol. The summed E-state index contributed by atoms with van der Waals surface area (Å²) in [5.74, 6) is -0.340. The van der Waals surface area contributed by atoms with Gasteiger partial charge in [0.05, 0.1) is 10.9 Å². The molecule has 1 atom stereocenters. The first-order valence-electron chi connectivity index (χ1n) is 5.99. The van der Waals surface area contributed by atoms with Crippen molar-refractivity contribution < 1.29 is 13.2 Å². The van der Waals surface area contributed by atoms with Crippen LogP contribution in [0.5, 0.6) is 0 Å². The number of nitrogens with one attached hydrogen (secondary N) is 1. The lowest BCUT2D eigenvalue weighted by Gasteiger charge is -2.13. The number of anilines is 1. The second-order valence-corrected chi connectivity index (χ2v) is 6.58. The van der Waals surface area contributed by atoms with Crippen molar-refractivity contribution in [1.29, 1.82) is 0 Å². The van der Waals surface area contributed by atoms with Gasteiger partial charge in [-0.05, 0) is 30.7 Å². The molecule has 110 valence electrons. The molecule has 6 nitrogen and oxygen atoms in total. The molecule has 0 spiro atoms. The Kier molecular flexibility index (Phi) is 5.43. The summed E-state index contributed by atoms with van der Waals surface area (Å²) in [5.41, 5.74) is 6.12. The van der Waals surface area contributed by atoms with Crippen LogP contribution in [0.3, 0.4) is 0 Å². The molecule has 0 aliphatic rings. The van der Waals surface area contributed by atoms with Gasteiger partial charge in [-0.25, -0.2) is 12.7 Å². The highest BCUT2D eigenvalue weighted by Gasteiger charge is 2.17. The molecule has 0 aliphatic heterocycles. The first-order chi connectivity index (χ1) is 9.28. The summed E-state index contributed by atoms with van der Waals surface area (Å²) in [7, 11) is -0.549. The van der Waals surface area contributed by atoms with Crippen LogP contribution in [0.4, 0.5) is 5.69 Å². The van der Waals surface area contributed by atoms with Gasteiger partial charge in [0.2, 0.25) is 15.9 Å². The normalized spacial score (nSPS) is 13.0. The second-order valence-electron chi connectivity index (χ2n) is 4.43. The highest BCUT2D eigenvalue weighted by Crippen LogP contribution is 2.16. The van der Waals surface area contributed by atoms with Crippen molar-refractivity contribution in [2.45, 2.75) is 17.4 Å². The van der Waals surface area contributed by atoms with Crippen molar-refractivity contribution in [1.82, 2.24) is 4.31 Å². The number of nitrogens with two attached hydrogens (primary N) is 1. The van der Waals surface area contributed by atoms with Gasteiger partial charge < -0.3 is 11.1 Å². The fraction of sp³-hybridized carbons (Fsp3) is 0.308. The van der Waals surface area contributed by atoms with Gasteiger partial charge in [0.15, 0.2) is 0 Å². The van der Waals surface area contributed by atoms with Crippen LogP contribution in [0.15, 0.2) is 41.8 Å². The monoisotopic (exact) mass is 297 g/mol. The molecule has 3 N–H and O–H groups in total. The number of nitrogens with zero attached hydrogens (tertiary/aromatic N) is 1. The summed E-state index contributed by atoms with van der Waals surface area (Å²) < 4.78 is 24.9. The zero-order valence-corrected chi connectivity index (χ0v) is 12.4. The number of sulfonamides is 1. The van der Waals surface area contributed by atoms with E-state index in [1.807, 2.05) is 0 Å². The molecule has 0 radical (unpaired) electrons. The third kappa shape index (κ3) is 3.89. The van der Waals surface area contributed by atoms with Gasteiger partial charge in [0.1, 0.15) is 0 Å². The van der Waals surface area contributed by atoms with Crippen LogP contribution in [0.1, 0.15) is 6.42 Å². The Morgan fingerprint density at radius 3 is 2.40 bits per heavy atom. The van der Waals surface area contributed by atoms with Gasteiger partial charge in [-0.1, -0.05) is 6.08 Å². The van der Waals surface area contributed by atoms with Crippen molar-refractivity contribution >= 4 is 21.6 Å². The third-order valence-electron chi connectivity index (χ3n) is 2.66. The van der Waals surface area contributed by atoms with E-state index in [1.54, 1.807) is 6.08 Å². The lowest BCUT2D eigenvalue weighted by Crippen LogP contribution is -2.35. The number of hydrogen-bond acceptors (Lipinski definition) is 4. The minimum Gasteiger partial charge on any atom is -0.325 e. The summed E-state index contributed by atoms with van der Waals surface area (Å²) in [6, 6.07) is 5.25. The minimum atomic E-state index is -3.46. The lowest BCUT2D eigenvalue weighted by atomic mass is 10.2. The smallest absolute Gasteiger partial charge is 0.242 e. The Bertz CT molecular complexity index is 579. The molecule has 0 aromatic heterocycles. The number of amides is 1. The molecule has 1 aromatic rings. The maximum absolute atomic E-state index is 11.9. The molecule has 1 aromatic carbocycles. The highest BCUT2D eigenvalue weighted by molar-refractivity contribution is 7.89. The van der Waals surface area contributed by atoms with E-state index in [4.69, 9.17) is 5.73 Å². The van der Waals surface area contributed by atoms with E-state index in [-0.39, 0.29) is 10.8 Å². The first kappa shape index (κ1) is 16.4. The van der Waals surface area contributed by atoms with Crippen molar-refractivity contribution in [2.75, 3.05) is 19.4 Å². The molecule has 0 saturated carbocycles. The highest BCUT2D eigenvalue weighted by atomic mass is 32.2. The fourth-order valence-electron chi connectivity index (χ4n) is 1.44. The van der Waals surface area contributed by atoms with Gasteiger partial charge >= 0.3 is 0 Å². The molecule has 1 amide bonds. The van der Waals surface area contributed by atoms with Crippen LogP contribution in [0, 0.1) is 0 Å². The van der Waals surface area contributed by atoms with E-state index in [0.29, 0.717) is 12.1 Å². The Morgan fingerprint density at radius 2 is 1.95 bits per heavy atom. The predicted molar refractivity (Wildman–Crippen MR) is 78.7 cm³/mol. The average molecular weight is 297 g/mol. The third-order valence-corrected chi connectivity index (χ3v) is 4.49. The van der Waals surface area contributed by atoms with Crippen LogP contribution in [-0.4, -0.2) is 38.8 Å². The van der Waals surface area contributed by atoms with E-state index in [0.717, 1.165) is 4.31 Å². The van der Waals surface area contributed by atoms with Crippen LogP contribution in [0.2, 0.25) is 0 Å². The standard InChI is InChI=1S/C13H19N3O3S/c1-4-5-12(14)13(17)15-10-6-8-11(9-7-10)20(18,19)16(2)3/h4,6-9,12H,1,5,14H2,2-3H3,(H,15,17). The van der Waals surface area contributed by atoms with E-state index < -0.39 is 16.1 Å². The van der Waals surface area contributed by atoms with Gasteiger partial charge in [0.25, 0.3) is 0 Å². The second kappa shape index (κ2) is 6.65. The molecule has 7 heteroatoms. The molecule has 0 saturated heterocycles. The maximum Gasteiger partial charge on any atom is 0.242 e. The maximum atomic E-state index is 11.9. The molecule has 20 heavy (non-hydrogen) atoms. The Labute approximate surface area is 119 Å². The number of hydrogen-bond donors (Lipinski definition) is 2. The van der Waals surface area contributed by atoms with Gasteiger partial charge in [-0.2, -0.15) is 0 Å². The van der Waals surface area contributed by atoms with Crippen LogP contribution < -0.4 is 11.1 Å². The topological polar surface area (TPSA) is 92.5 Å². The SMILES string of the molecule is C=CCC(N)C(=O)Nc1ccc(S(=O)(=O)N(C)C)cc1. The predicted octanol–water partition coefficient (Wildman–Crippen LogP) is 0.779. The summed E-state index contributed by atoms with van der Waals surface area (Å²) in [6.45, 7) is 3.51. The summed E-state index contributed by atoms with van der Waals surface area (Å²) in [6.07, 6.45) is 1.94. The molecule has 1 rings (SSSR count). The lowest BCUT2D eigenvalue weighted by molar-refractivity contribution is -0.117. The van der Waals surface area contributed by atoms with E-state index >= 15 is 0 Å². The van der Waals surface area contributed by atoms with Gasteiger partial charge in [0, 0.05) is 19.8 Å². The molecule has 0 aliphatic carbocycles.